The van der Waals surface area contributed by atoms with Crippen LogP contribution in [0.3, 0.4) is 0 Å². The molecule has 1 aromatic rings. The monoisotopic (exact) mass is 248 g/mol. The third kappa shape index (κ3) is 2.26. The van der Waals surface area contributed by atoms with Gasteiger partial charge in [0.2, 0.25) is 0 Å². The maximum absolute atomic E-state index is 10.9. The zero-order valence-electron chi connectivity index (χ0n) is 7.27. The normalized spacial score (nSPS) is 31.5. The van der Waals surface area contributed by atoms with Crippen LogP contribution in [-0.4, -0.2) is 5.11 Å². The Balaban J connectivity index is 2.34. The van der Waals surface area contributed by atoms with Crippen LogP contribution >= 0.6 is 16.5 Å². The summed E-state index contributed by atoms with van der Waals surface area (Å²) in [7, 11) is -5.30. The van der Waals surface area contributed by atoms with Crippen LogP contribution in [-0.2, 0) is 28.5 Å². The van der Waals surface area contributed by atoms with E-state index in [1.807, 2.05) is 0 Å². The molecule has 0 amide bonds. The van der Waals surface area contributed by atoms with E-state index in [9.17, 15) is 14.2 Å². The molecule has 8 heteroatoms. The van der Waals surface area contributed by atoms with Gasteiger partial charge in [-0.2, -0.15) is 0 Å². The van der Waals surface area contributed by atoms with Crippen molar-refractivity contribution >= 4 is 16.5 Å². The number of aliphatic hydroxyl groups is 1. The molecule has 2 unspecified atom stereocenters. The topological polar surface area (TPSA) is 82.1 Å². The highest BCUT2D eigenvalue weighted by molar-refractivity contribution is 7.48. The smallest absolute Gasteiger partial charge is 0.333 e. The van der Waals surface area contributed by atoms with E-state index in [4.69, 9.17) is 0 Å². The van der Waals surface area contributed by atoms with Gasteiger partial charge >= 0.3 is 22.5 Å². The van der Waals surface area contributed by atoms with Crippen molar-refractivity contribution < 1.29 is 27.6 Å². The first kappa shape index (κ1) is 10.8. The van der Waals surface area contributed by atoms with Gasteiger partial charge in [-0.15, -0.1) is 0 Å². The molecule has 0 radical (unpaired) electrons. The predicted molar refractivity (Wildman–Crippen MR) is 48.8 cm³/mol. The first-order valence-electron chi connectivity index (χ1n) is 3.89. The highest BCUT2D eigenvalue weighted by Crippen LogP contribution is 2.53. The molecule has 15 heavy (non-hydrogen) atoms. The van der Waals surface area contributed by atoms with Crippen LogP contribution in [0.5, 0.6) is 0 Å². The largest absolute Gasteiger partial charge is 0.753 e. The average molecular weight is 248 g/mol. The second kappa shape index (κ2) is 4.02. The highest BCUT2D eigenvalue weighted by atomic mass is 31.2. The molecule has 6 nitrogen and oxygen atoms in total. The molecule has 0 saturated carbocycles. The van der Waals surface area contributed by atoms with Crippen LogP contribution in [0.4, 0.5) is 0 Å². The second-order valence-electron chi connectivity index (χ2n) is 2.66. The lowest BCUT2D eigenvalue weighted by atomic mass is 10.2. The molecule has 1 aliphatic rings. The minimum absolute atomic E-state index is 0.194. The highest BCUT2D eigenvalue weighted by Gasteiger charge is 2.62. The summed E-state index contributed by atoms with van der Waals surface area (Å²) < 4.78 is 35.2. The van der Waals surface area contributed by atoms with Crippen molar-refractivity contribution in [3.8, 4) is 0 Å². The molecule has 2 atom stereocenters. The molecule has 0 spiro atoms. The van der Waals surface area contributed by atoms with Crippen molar-refractivity contribution in [3.05, 3.63) is 35.9 Å². The zero-order valence-corrected chi connectivity index (χ0v) is 9.06. The number of hydrogen-bond acceptors (Lipinski definition) is 6. The van der Waals surface area contributed by atoms with Crippen molar-refractivity contribution in [1.29, 1.82) is 0 Å². The quantitative estimate of drug-likeness (QED) is 0.767. The van der Waals surface area contributed by atoms with E-state index in [0.717, 1.165) is 0 Å². The molecular formula is C7H6O6P2+2. The molecule has 78 valence electrons. The fourth-order valence-corrected chi connectivity index (χ4v) is 2.51. The molecule has 0 aliphatic carbocycles. The number of hydrogen-bond donors (Lipinski definition) is 1. The summed E-state index contributed by atoms with van der Waals surface area (Å²) in [5.41, 5.74) is 0.194. The Hall–Kier alpha value is -0.740. The first-order chi connectivity index (χ1) is 7.10. The summed E-state index contributed by atoms with van der Waals surface area (Å²) in [5.74, 6) is -2.28. The lowest BCUT2D eigenvalue weighted by Gasteiger charge is -2.15. The molecule has 2 rings (SSSR count). The summed E-state index contributed by atoms with van der Waals surface area (Å²) in [4.78, 5) is 0. The van der Waals surface area contributed by atoms with Crippen LogP contribution in [0.25, 0.3) is 0 Å². The molecule has 1 fully saturated rings. The molecular weight excluding hydrogens is 242 g/mol. The Morgan fingerprint density at radius 3 is 2.13 bits per heavy atom. The minimum Gasteiger partial charge on any atom is -0.333 e. The van der Waals surface area contributed by atoms with Crippen LogP contribution in [0.2, 0.25) is 0 Å². The van der Waals surface area contributed by atoms with Gasteiger partial charge in [-0.05, 0) is 9.05 Å². The molecule has 1 N–H and O–H groups in total. The maximum atomic E-state index is 10.9. The van der Waals surface area contributed by atoms with E-state index in [2.05, 4.69) is 13.4 Å². The van der Waals surface area contributed by atoms with Gasteiger partial charge in [0.1, 0.15) is 0 Å². The molecule has 1 aromatic carbocycles. The fraction of sp³-hybridized carbons (Fsp3) is 0.143. The zero-order chi connectivity index (χ0) is 10.9. The molecule has 1 heterocycles. The van der Waals surface area contributed by atoms with E-state index in [0.29, 0.717) is 0 Å². The lowest BCUT2D eigenvalue weighted by molar-refractivity contribution is -0.292. The van der Waals surface area contributed by atoms with Gasteiger partial charge in [-0.25, -0.2) is 0 Å². The van der Waals surface area contributed by atoms with Crippen LogP contribution < -0.4 is 0 Å². The van der Waals surface area contributed by atoms with Crippen molar-refractivity contribution in [3.63, 3.8) is 0 Å². The van der Waals surface area contributed by atoms with E-state index >= 15 is 0 Å². The summed E-state index contributed by atoms with van der Waals surface area (Å²) >= 11 is 0. The van der Waals surface area contributed by atoms with Gasteiger partial charge in [0.25, 0.3) is 0 Å². The lowest BCUT2D eigenvalue weighted by Crippen LogP contribution is -2.30. The van der Waals surface area contributed by atoms with Crippen LogP contribution in [0.1, 0.15) is 5.56 Å². The van der Waals surface area contributed by atoms with E-state index < -0.39 is 22.5 Å². The summed E-state index contributed by atoms with van der Waals surface area (Å²) in [6.07, 6.45) is 0. The first-order valence-corrected chi connectivity index (χ1v) is 6.08. The Bertz CT molecular complexity index is 389. The SMILES string of the molecule is O=[P+]1O[P+](=O)OC(O)(c2ccccc2)O1. The summed E-state index contributed by atoms with van der Waals surface area (Å²) in [5, 5.41) is 9.79. The standard InChI is InChI=1S/C7H6O6P2/c8-7(6-4-2-1-3-5-6)11-14(9)13-15(10)12-7/h1-5,8H/q+2. The van der Waals surface area contributed by atoms with Crippen molar-refractivity contribution in [2.24, 2.45) is 0 Å². The second-order valence-corrected chi connectivity index (χ2v) is 4.57. The molecule has 0 bridgehead atoms. The van der Waals surface area contributed by atoms with Crippen molar-refractivity contribution in [2.45, 2.75) is 5.97 Å². The fourth-order valence-electron chi connectivity index (χ4n) is 1.06. The number of benzene rings is 1. The summed E-state index contributed by atoms with van der Waals surface area (Å²) in [6.45, 7) is 0. The predicted octanol–water partition coefficient (Wildman–Crippen LogP) is 2.17. The van der Waals surface area contributed by atoms with Gasteiger partial charge in [-0.1, -0.05) is 30.3 Å². The molecule has 0 aromatic heterocycles. The Morgan fingerprint density at radius 1 is 1.07 bits per heavy atom. The number of rotatable bonds is 1. The molecule has 1 aliphatic heterocycles. The Morgan fingerprint density at radius 2 is 1.60 bits per heavy atom. The average Bonchev–Trinajstić information content (AvgIpc) is 2.17. The summed E-state index contributed by atoms with van der Waals surface area (Å²) in [6, 6.07) is 7.92. The van der Waals surface area contributed by atoms with Gasteiger partial charge in [0, 0.05) is 14.7 Å². The maximum Gasteiger partial charge on any atom is 0.753 e. The molecule has 1 saturated heterocycles. The van der Waals surface area contributed by atoms with Gasteiger partial charge in [0.15, 0.2) is 4.31 Å². The van der Waals surface area contributed by atoms with Crippen LogP contribution in [0.15, 0.2) is 30.3 Å². The van der Waals surface area contributed by atoms with E-state index in [-0.39, 0.29) is 5.56 Å². The van der Waals surface area contributed by atoms with Crippen molar-refractivity contribution in [1.82, 2.24) is 0 Å². The Kier molecular flexibility index (Phi) is 2.89. The van der Waals surface area contributed by atoms with E-state index in [1.165, 1.54) is 12.1 Å². The van der Waals surface area contributed by atoms with E-state index in [1.54, 1.807) is 18.2 Å². The Labute approximate surface area is 86.7 Å². The van der Waals surface area contributed by atoms with Crippen molar-refractivity contribution in [2.75, 3.05) is 0 Å². The minimum atomic E-state index is -2.65. The van der Waals surface area contributed by atoms with Crippen LogP contribution in [0, 0.1) is 0 Å². The third-order valence-electron chi connectivity index (χ3n) is 1.67. The van der Waals surface area contributed by atoms with Gasteiger partial charge < -0.3 is 5.11 Å². The van der Waals surface area contributed by atoms with Gasteiger partial charge in [-0.3, -0.25) is 0 Å². The third-order valence-corrected chi connectivity index (χ3v) is 3.53. The van der Waals surface area contributed by atoms with Gasteiger partial charge in [0.05, 0.1) is 0 Å².